The summed E-state index contributed by atoms with van der Waals surface area (Å²) in [7, 11) is 0. The van der Waals surface area contributed by atoms with Crippen molar-refractivity contribution in [3.05, 3.63) is 63.6 Å². The summed E-state index contributed by atoms with van der Waals surface area (Å²) < 4.78 is 16.0. The minimum atomic E-state index is -0.293. The summed E-state index contributed by atoms with van der Waals surface area (Å²) in [6, 6.07) is 9.98. The Kier molecular flexibility index (Phi) is 5.06. The van der Waals surface area contributed by atoms with E-state index in [2.05, 4.69) is 4.98 Å². The summed E-state index contributed by atoms with van der Waals surface area (Å²) in [6.45, 7) is 1.71. The molecule has 0 unspecified atom stereocenters. The summed E-state index contributed by atoms with van der Waals surface area (Å²) in [5, 5.41) is 0.800. The molecular weight excluding hydrogens is 388 g/mol. The van der Waals surface area contributed by atoms with E-state index in [0.29, 0.717) is 26.9 Å². The van der Waals surface area contributed by atoms with Crippen molar-refractivity contribution in [2.75, 3.05) is 13.1 Å². The highest BCUT2D eigenvalue weighted by molar-refractivity contribution is 6.42. The Balaban J connectivity index is 1.76. The maximum Gasteiger partial charge on any atom is 0.242 e. The third-order valence-electron chi connectivity index (χ3n) is 4.93. The number of likely N-dealkylation sites (tertiary alicyclic amines) is 1. The molecule has 0 saturated carbocycles. The van der Waals surface area contributed by atoms with Gasteiger partial charge >= 0.3 is 0 Å². The number of benzene rings is 2. The summed E-state index contributed by atoms with van der Waals surface area (Å²) >= 11 is 12.3. The summed E-state index contributed by atoms with van der Waals surface area (Å²) in [6.07, 6.45) is 2.34. The number of nitrogens with zero attached hydrogens (tertiary/aromatic N) is 3. The van der Waals surface area contributed by atoms with Crippen LogP contribution in [0.25, 0.3) is 11.0 Å². The molecule has 4 rings (SSSR count). The molecule has 0 atom stereocenters. The lowest BCUT2D eigenvalue weighted by molar-refractivity contribution is -0.130. The number of hydrogen-bond donors (Lipinski definition) is 0. The van der Waals surface area contributed by atoms with Gasteiger partial charge in [-0.05, 0) is 36.6 Å². The first-order valence-electron chi connectivity index (χ1n) is 8.88. The van der Waals surface area contributed by atoms with E-state index >= 15 is 0 Å². The molecule has 1 aromatic heterocycles. The molecular formula is C20H18Cl2FN3O. The zero-order chi connectivity index (χ0) is 19.0. The van der Waals surface area contributed by atoms with Gasteiger partial charge in [-0.2, -0.15) is 0 Å². The molecule has 27 heavy (non-hydrogen) atoms. The fourth-order valence-electron chi connectivity index (χ4n) is 3.50. The van der Waals surface area contributed by atoms with Crippen LogP contribution in [-0.2, 0) is 17.8 Å². The van der Waals surface area contributed by atoms with E-state index in [1.54, 1.807) is 30.3 Å². The molecule has 0 aliphatic carbocycles. The lowest BCUT2D eigenvalue weighted by Crippen LogP contribution is -2.31. The van der Waals surface area contributed by atoms with E-state index in [-0.39, 0.29) is 24.7 Å². The molecule has 3 aromatic rings. The molecule has 140 valence electrons. The predicted octanol–water partition coefficient (Wildman–Crippen LogP) is 4.70. The first kappa shape index (κ1) is 18.3. The Morgan fingerprint density at radius 3 is 2.56 bits per heavy atom. The summed E-state index contributed by atoms with van der Waals surface area (Å²) in [4.78, 5) is 19.2. The van der Waals surface area contributed by atoms with Crippen LogP contribution in [0.4, 0.5) is 4.39 Å². The molecule has 1 fully saturated rings. The number of hydrogen-bond acceptors (Lipinski definition) is 2. The fourth-order valence-corrected chi connectivity index (χ4v) is 3.81. The normalized spacial score (nSPS) is 14.3. The lowest BCUT2D eigenvalue weighted by Gasteiger charge is -2.17. The number of imidazole rings is 1. The second-order valence-electron chi connectivity index (χ2n) is 6.73. The van der Waals surface area contributed by atoms with Crippen molar-refractivity contribution in [3.8, 4) is 0 Å². The van der Waals surface area contributed by atoms with E-state index in [9.17, 15) is 9.18 Å². The Morgan fingerprint density at radius 2 is 1.81 bits per heavy atom. The standard InChI is InChI=1S/C20H18Cl2FN3O/c21-14-10-17-18(11-15(14)22)26(12-20(27)25-7-3-4-8-25)19(24-17)9-13-5-1-2-6-16(13)23/h1-2,5-6,10-11H,3-4,7-9,12H2. The highest BCUT2D eigenvalue weighted by atomic mass is 35.5. The van der Waals surface area contributed by atoms with Crippen molar-refractivity contribution in [3.63, 3.8) is 0 Å². The molecule has 0 bridgehead atoms. The van der Waals surface area contributed by atoms with Gasteiger partial charge in [0.2, 0.25) is 5.91 Å². The third kappa shape index (κ3) is 3.66. The van der Waals surface area contributed by atoms with Crippen LogP contribution in [0.3, 0.4) is 0 Å². The first-order valence-corrected chi connectivity index (χ1v) is 9.64. The zero-order valence-electron chi connectivity index (χ0n) is 14.6. The topological polar surface area (TPSA) is 38.1 Å². The van der Waals surface area contributed by atoms with Crippen LogP contribution in [0.5, 0.6) is 0 Å². The van der Waals surface area contributed by atoms with Crippen molar-refractivity contribution >= 4 is 40.1 Å². The maximum absolute atomic E-state index is 14.1. The molecule has 0 spiro atoms. The Hall–Kier alpha value is -2.11. The number of carbonyl (C=O) groups is 1. The van der Waals surface area contributed by atoms with Crippen molar-refractivity contribution in [1.82, 2.24) is 14.5 Å². The van der Waals surface area contributed by atoms with E-state index in [4.69, 9.17) is 23.2 Å². The van der Waals surface area contributed by atoms with Crippen LogP contribution < -0.4 is 0 Å². The van der Waals surface area contributed by atoms with Crippen molar-refractivity contribution in [2.45, 2.75) is 25.8 Å². The Labute approximate surface area is 166 Å². The van der Waals surface area contributed by atoms with Crippen molar-refractivity contribution in [1.29, 1.82) is 0 Å². The van der Waals surface area contributed by atoms with Gasteiger partial charge in [0.15, 0.2) is 0 Å². The molecule has 0 radical (unpaired) electrons. The SMILES string of the molecule is O=C(Cn1c(Cc2ccccc2F)nc2cc(Cl)c(Cl)cc21)N1CCCC1. The average Bonchev–Trinajstić information content (AvgIpc) is 3.28. The highest BCUT2D eigenvalue weighted by Crippen LogP contribution is 2.29. The van der Waals surface area contributed by atoms with Crippen LogP contribution >= 0.6 is 23.2 Å². The molecule has 1 aliphatic heterocycles. The smallest absolute Gasteiger partial charge is 0.242 e. The first-order chi connectivity index (χ1) is 13.0. The van der Waals surface area contributed by atoms with Gasteiger partial charge < -0.3 is 9.47 Å². The third-order valence-corrected chi connectivity index (χ3v) is 5.65. The largest absolute Gasteiger partial charge is 0.341 e. The number of carbonyl (C=O) groups excluding carboxylic acids is 1. The molecule has 2 heterocycles. The molecule has 1 amide bonds. The van der Waals surface area contributed by atoms with Gasteiger partial charge in [0, 0.05) is 19.5 Å². The number of halogens is 3. The van der Waals surface area contributed by atoms with E-state index in [1.807, 2.05) is 9.47 Å². The molecule has 0 N–H and O–H groups in total. The second kappa shape index (κ2) is 7.49. The maximum atomic E-state index is 14.1. The second-order valence-corrected chi connectivity index (χ2v) is 7.54. The molecule has 1 aliphatic rings. The summed E-state index contributed by atoms with van der Waals surface area (Å²) in [5.41, 5.74) is 1.90. The molecule has 7 heteroatoms. The van der Waals surface area contributed by atoms with Gasteiger partial charge in [-0.25, -0.2) is 9.37 Å². The minimum absolute atomic E-state index is 0.0349. The predicted molar refractivity (Wildman–Crippen MR) is 105 cm³/mol. The Morgan fingerprint density at radius 1 is 1.11 bits per heavy atom. The van der Waals surface area contributed by atoms with Gasteiger partial charge in [-0.1, -0.05) is 41.4 Å². The number of amides is 1. The van der Waals surface area contributed by atoms with E-state index in [0.717, 1.165) is 31.4 Å². The Bertz CT molecular complexity index is 1010. The highest BCUT2D eigenvalue weighted by Gasteiger charge is 2.22. The van der Waals surface area contributed by atoms with Crippen LogP contribution in [0.2, 0.25) is 10.0 Å². The van der Waals surface area contributed by atoms with Crippen molar-refractivity contribution < 1.29 is 9.18 Å². The average molecular weight is 406 g/mol. The lowest BCUT2D eigenvalue weighted by atomic mass is 10.1. The monoisotopic (exact) mass is 405 g/mol. The van der Waals surface area contributed by atoms with Crippen molar-refractivity contribution in [2.24, 2.45) is 0 Å². The number of fused-ring (bicyclic) bond motifs is 1. The van der Waals surface area contributed by atoms with Gasteiger partial charge in [0.25, 0.3) is 0 Å². The fraction of sp³-hybridized carbons (Fsp3) is 0.300. The molecule has 4 nitrogen and oxygen atoms in total. The van der Waals surface area contributed by atoms with Gasteiger partial charge in [-0.15, -0.1) is 0 Å². The molecule has 1 saturated heterocycles. The van der Waals surface area contributed by atoms with Crippen LogP contribution in [-0.4, -0.2) is 33.4 Å². The molecule has 2 aromatic carbocycles. The quantitative estimate of drug-likeness (QED) is 0.630. The van der Waals surface area contributed by atoms with Crippen LogP contribution in [0, 0.1) is 5.82 Å². The van der Waals surface area contributed by atoms with Crippen LogP contribution in [0.1, 0.15) is 24.2 Å². The number of rotatable bonds is 4. The van der Waals surface area contributed by atoms with Crippen LogP contribution in [0.15, 0.2) is 36.4 Å². The van der Waals surface area contributed by atoms with Gasteiger partial charge in [0.1, 0.15) is 18.2 Å². The summed E-state index contributed by atoms with van der Waals surface area (Å²) in [5.74, 6) is 0.353. The minimum Gasteiger partial charge on any atom is -0.341 e. The van der Waals surface area contributed by atoms with Gasteiger partial charge in [0.05, 0.1) is 21.1 Å². The zero-order valence-corrected chi connectivity index (χ0v) is 16.1. The van der Waals surface area contributed by atoms with E-state index < -0.39 is 0 Å². The number of aromatic nitrogens is 2. The van der Waals surface area contributed by atoms with Gasteiger partial charge in [-0.3, -0.25) is 4.79 Å². The van der Waals surface area contributed by atoms with E-state index in [1.165, 1.54) is 6.07 Å².